The third kappa shape index (κ3) is 3.02. The highest BCUT2D eigenvalue weighted by molar-refractivity contribution is 5.94. The Hall–Kier alpha value is -2.68. The molecular weight excluding hydrogens is 326 g/mol. The van der Waals surface area contributed by atoms with Gasteiger partial charge < -0.3 is 15.2 Å². The molecule has 0 aliphatic carbocycles. The summed E-state index contributed by atoms with van der Waals surface area (Å²) in [6, 6.07) is 1.79. The van der Waals surface area contributed by atoms with Crippen LogP contribution in [0.1, 0.15) is 42.8 Å². The smallest absolute Gasteiger partial charge is 0.296 e. The molecule has 0 atom stereocenters. The van der Waals surface area contributed by atoms with Crippen LogP contribution in [0.25, 0.3) is 0 Å². The molecule has 25 heavy (non-hydrogen) atoms. The van der Waals surface area contributed by atoms with Gasteiger partial charge in [0.05, 0.1) is 25.4 Å². The molecule has 3 heterocycles. The number of amides is 1. The van der Waals surface area contributed by atoms with Crippen LogP contribution in [0.15, 0.2) is 17.1 Å². The molecule has 3 rings (SSSR count). The minimum absolute atomic E-state index is 0.214. The Labute approximate surface area is 144 Å². The predicted molar refractivity (Wildman–Crippen MR) is 88.2 cm³/mol. The number of hydrogen-bond donors (Lipinski definition) is 2. The van der Waals surface area contributed by atoms with Crippen molar-refractivity contribution in [3.8, 4) is 5.75 Å². The Bertz CT molecular complexity index is 868. The molecular formula is C16H21N5O4. The maximum absolute atomic E-state index is 12.5. The van der Waals surface area contributed by atoms with E-state index in [9.17, 15) is 14.7 Å². The molecule has 0 spiro atoms. The van der Waals surface area contributed by atoms with Gasteiger partial charge in [-0.3, -0.25) is 18.8 Å². The largest absolute Gasteiger partial charge is 0.501 e. The van der Waals surface area contributed by atoms with E-state index in [1.54, 1.807) is 30.8 Å². The second kappa shape index (κ2) is 6.32. The third-order valence-electron chi connectivity index (χ3n) is 4.21. The zero-order chi connectivity index (χ0) is 18.2. The fourth-order valence-electron chi connectivity index (χ4n) is 2.88. The number of carbonyl (C=O) groups is 1. The average Bonchev–Trinajstić information content (AvgIpc) is 3.03. The van der Waals surface area contributed by atoms with Gasteiger partial charge in [-0.05, 0) is 26.8 Å². The number of rotatable bonds is 4. The number of aromatic nitrogens is 4. The normalized spacial score (nSPS) is 15.6. The first-order chi connectivity index (χ1) is 11.8. The van der Waals surface area contributed by atoms with E-state index in [1.165, 1.54) is 4.57 Å². The van der Waals surface area contributed by atoms with E-state index < -0.39 is 22.8 Å². The molecule has 0 radical (unpaired) electrons. The van der Waals surface area contributed by atoms with Gasteiger partial charge in [-0.15, -0.1) is 0 Å². The van der Waals surface area contributed by atoms with E-state index in [4.69, 9.17) is 4.74 Å². The average molecular weight is 347 g/mol. The van der Waals surface area contributed by atoms with E-state index in [1.807, 2.05) is 6.92 Å². The van der Waals surface area contributed by atoms with Gasteiger partial charge in [-0.1, -0.05) is 0 Å². The first kappa shape index (κ1) is 17.2. The van der Waals surface area contributed by atoms with Gasteiger partial charge >= 0.3 is 0 Å². The van der Waals surface area contributed by atoms with E-state index in [0.29, 0.717) is 19.0 Å². The Morgan fingerprint density at radius 3 is 2.96 bits per heavy atom. The molecule has 0 aromatic carbocycles. The topological polar surface area (TPSA) is 111 Å². The second-order valence-electron chi connectivity index (χ2n) is 6.27. The molecule has 9 heteroatoms. The molecule has 0 bridgehead atoms. The second-order valence-corrected chi connectivity index (χ2v) is 6.27. The van der Waals surface area contributed by atoms with Crippen molar-refractivity contribution >= 4 is 5.91 Å². The van der Waals surface area contributed by atoms with Crippen LogP contribution in [-0.4, -0.2) is 37.0 Å². The number of nitrogens with zero attached hydrogens (tertiary/aromatic N) is 4. The molecule has 0 saturated heterocycles. The minimum Gasteiger partial charge on any atom is -0.501 e. The number of aryl methyl sites for hydroxylation is 1. The van der Waals surface area contributed by atoms with Crippen molar-refractivity contribution in [2.75, 3.05) is 6.61 Å². The highest BCUT2D eigenvalue weighted by Gasteiger charge is 2.34. The first-order valence-electron chi connectivity index (χ1n) is 8.12. The van der Waals surface area contributed by atoms with Gasteiger partial charge in [0.25, 0.3) is 11.5 Å². The number of aromatic hydroxyl groups is 1. The Balaban J connectivity index is 1.90. The van der Waals surface area contributed by atoms with Crippen LogP contribution in [-0.2, 0) is 30.0 Å². The van der Waals surface area contributed by atoms with Gasteiger partial charge in [0, 0.05) is 12.7 Å². The highest BCUT2D eigenvalue weighted by Crippen LogP contribution is 2.27. The lowest BCUT2D eigenvalue weighted by atomic mass is 10.1. The SMILES string of the molecule is CCn1nccc1CNC(=O)c1nc2n(c(=O)c1O)CCOC2(C)C. The van der Waals surface area contributed by atoms with Crippen molar-refractivity contribution in [3.05, 3.63) is 39.8 Å². The Morgan fingerprint density at radius 1 is 1.48 bits per heavy atom. The van der Waals surface area contributed by atoms with Crippen LogP contribution in [0.4, 0.5) is 0 Å². The van der Waals surface area contributed by atoms with Crippen LogP contribution < -0.4 is 10.9 Å². The van der Waals surface area contributed by atoms with Crippen LogP contribution in [0.2, 0.25) is 0 Å². The quantitative estimate of drug-likeness (QED) is 0.826. The maximum atomic E-state index is 12.5. The molecule has 134 valence electrons. The lowest BCUT2D eigenvalue weighted by Crippen LogP contribution is -2.42. The van der Waals surface area contributed by atoms with Crippen LogP contribution in [0, 0.1) is 0 Å². The molecule has 2 N–H and O–H groups in total. The van der Waals surface area contributed by atoms with Crippen molar-refractivity contribution < 1.29 is 14.6 Å². The zero-order valence-electron chi connectivity index (χ0n) is 14.4. The number of hydrogen-bond acceptors (Lipinski definition) is 6. The van der Waals surface area contributed by atoms with E-state index >= 15 is 0 Å². The first-order valence-corrected chi connectivity index (χ1v) is 8.12. The molecule has 2 aromatic heterocycles. The summed E-state index contributed by atoms with van der Waals surface area (Å²) in [4.78, 5) is 29.1. The maximum Gasteiger partial charge on any atom is 0.296 e. The monoisotopic (exact) mass is 347 g/mol. The Kier molecular flexibility index (Phi) is 4.34. The van der Waals surface area contributed by atoms with E-state index in [2.05, 4.69) is 15.4 Å². The van der Waals surface area contributed by atoms with Gasteiger partial charge in [0.15, 0.2) is 5.69 Å². The number of ether oxygens (including phenoxy) is 1. The fourth-order valence-corrected chi connectivity index (χ4v) is 2.88. The summed E-state index contributed by atoms with van der Waals surface area (Å²) in [6.45, 7) is 6.99. The number of fused-ring (bicyclic) bond motifs is 1. The minimum atomic E-state index is -0.818. The summed E-state index contributed by atoms with van der Waals surface area (Å²) in [5.74, 6) is -0.948. The standard InChI is InChI=1S/C16H21N5O4/c1-4-21-10(5-6-18-21)9-17-13(23)11-12(22)14(24)20-7-8-25-16(2,3)15(20)19-11/h5-6,22H,4,7-9H2,1-3H3,(H,17,23). The molecule has 9 nitrogen and oxygen atoms in total. The van der Waals surface area contributed by atoms with Crippen molar-refractivity contribution in [2.45, 2.75) is 46.0 Å². The van der Waals surface area contributed by atoms with Gasteiger partial charge in [0.2, 0.25) is 5.75 Å². The molecule has 0 unspecified atom stereocenters. The lowest BCUT2D eigenvalue weighted by Gasteiger charge is -2.32. The van der Waals surface area contributed by atoms with Crippen molar-refractivity contribution in [1.82, 2.24) is 24.6 Å². The van der Waals surface area contributed by atoms with Gasteiger partial charge in [0.1, 0.15) is 11.4 Å². The van der Waals surface area contributed by atoms with Crippen molar-refractivity contribution in [3.63, 3.8) is 0 Å². The van der Waals surface area contributed by atoms with Gasteiger partial charge in [-0.25, -0.2) is 4.98 Å². The summed E-state index contributed by atoms with van der Waals surface area (Å²) in [7, 11) is 0. The summed E-state index contributed by atoms with van der Waals surface area (Å²) in [5, 5.41) is 16.9. The van der Waals surface area contributed by atoms with Crippen molar-refractivity contribution in [1.29, 1.82) is 0 Å². The van der Waals surface area contributed by atoms with Crippen LogP contribution in [0.3, 0.4) is 0 Å². The van der Waals surface area contributed by atoms with E-state index in [0.717, 1.165) is 5.69 Å². The summed E-state index contributed by atoms with van der Waals surface area (Å²) in [6.07, 6.45) is 1.64. The van der Waals surface area contributed by atoms with Crippen LogP contribution in [0.5, 0.6) is 5.75 Å². The zero-order valence-corrected chi connectivity index (χ0v) is 14.4. The number of nitrogens with one attached hydrogen (secondary N) is 1. The summed E-state index contributed by atoms with van der Waals surface area (Å²) in [5.41, 5.74) is -0.933. The molecule has 2 aromatic rings. The Morgan fingerprint density at radius 2 is 2.24 bits per heavy atom. The fraction of sp³-hybridized carbons (Fsp3) is 0.500. The highest BCUT2D eigenvalue weighted by atomic mass is 16.5. The molecule has 0 fully saturated rings. The molecule has 0 saturated carbocycles. The third-order valence-corrected chi connectivity index (χ3v) is 4.21. The number of carbonyl (C=O) groups excluding carboxylic acids is 1. The summed E-state index contributed by atoms with van der Waals surface area (Å²) < 4.78 is 8.71. The summed E-state index contributed by atoms with van der Waals surface area (Å²) >= 11 is 0. The van der Waals surface area contributed by atoms with E-state index in [-0.39, 0.29) is 18.8 Å². The molecule has 1 aliphatic heterocycles. The van der Waals surface area contributed by atoms with Gasteiger partial charge in [-0.2, -0.15) is 5.10 Å². The molecule has 1 aliphatic rings. The molecule has 1 amide bonds. The van der Waals surface area contributed by atoms with Crippen molar-refractivity contribution in [2.24, 2.45) is 0 Å². The van der Waals surface area contributed by atoms with Crippen LogP contribution >= 0.6 is 0 Å². The lowest BCUT2D eigenvalue weighted by molar-refractivity contribution is -0.0566. The predicted octanol–water partition coefficient (Wildman–Crippen LogP) is 0.361.